The minimum atomic E-state index is -1.23. The summed E-state index contributed by atoms with van der Waals surface area (Å²) in [5, 5.41) is 11.2. The molecule has 6 bridgehead atoms. The van der Waals surface area contributed by atoms with Crippen molar-refractivity contribution in [3.05, 3.63) is 0 Å². The Balaban J connectivity index is 1.33. The molecule has 42 heavy (non-hydrogen) atoms. The number of carbonyl (C=O) groups excluding carboxylic acids is 1. The van der Waals surface area contributed by atoms with E-state index in [2.05, 4.69) is 27.7 Å². The first-order chi connectivity index (χ1) is 20.1. The Kier molecular flexibility index (Phi) is 7.90. The van der Waals surface area contributed by atoms with E-state index in [9.17, 15) is 9.90 Å². The number of hydrogen-bond donors (Lipinski definition) is 1. The summed E-state index contributed by atoms with van der Waals surface area (Å²) in [4.78, 5) is 12.9. The molecule has 7 aliphatic rings. The molecule has 0 amide bonds. The van der Waals surface area contributed by atoms with E-state index >= 15 is 0 Å². The van der Waals surface area contributed by atoms with Crippen LogP contribution in [0.1, 0.15) is 92.9 Å². The number of fused-ring (bicyclic) bond motifs is 5. The van der Waals surface area contributed by atoms with Gasteiger partial charge in [0.15, 0.2) is 18.4 Å². The summed E-state index contributed by atoms with van der Waals surface area (Å²) in [6.45, 7) is 13.3. The number of ether oxygens (including phenoxy) is 6. The van der Waals surface area contributed by atoms with Gasteiger partial charge in [-0.15, -0.1) is 0 Å². The van der Waals surface area contributed by atoms with Crippen LogP contribution in [0.2, 0.25) is 0 Å². The van der Waals surface area contributed by atoms with E-state index in [1.807, 2.05) is 0 Å². The van der Waals surface area contributed by atoms with Crippen LogP contribution in [0, 0.1) is 65.1 Å². The van der Waals surface area contributed by atoms with Gasteiger partial charge in [0.2, 0.25) is 0 Å². The fourth-order valence-electron chi connectivity index (χ4n) is 11.2. The number of rotatable bonds is 2. The highest BCUT2D eigenvalue weighted by Crippen LogP contribution is 2.59. The second kappa shape index (κ2) is 11.1. The molecule has 0 aromatic heterocycles. The zero-order valence-corrected chi connectivity index (χ0v) is 26.5. The second-order valence-electron chi connectivity index (χ2n) is 15.5. The van der Waals surface area contributed by atoms with E-state index in [0.29, 0.717) is 60.2 Å². The summed E-state index contributed by atoms with van der Waals surface area (Å²) < 4.78 is 39.0. The summed E-state index contributed by atoms with van der Waals surface area (Å²) in [6, 6.07) is 0. The van der Waals surface area contributed by atoms with Crippen LogP contribution in [-0.2, 0) is 28.4 Å². The fourth-order valence-corrected chi connectivity index (χ4v) is 11.2. The van der Waals surface area contributed by atoms with E-state index in [4.69, 9.17) is 28.4 Å². The van der Waals surface area contributed by atoms with Gasteiger partial charge < -0.3 is 33.5 Å². The Morgan fingerprint density at radius 3 is 2.29 bits per heavy atom. The molecular weight excluding hydrogens is 536 g/mol. The van der Waals surface area contributed by atoms with E-state index in [0.717, 1.165) is 25.7 Å². The lowest BCUT2D eigenvalue weighted by Gasteiger charge is -2.57. The maximum Gasteiger partial charge on any atom is 0.508 e. The van der Waals surface area contributed by atoms with Gasteiger partial charge in [-0.3, -0.25) is 0 Å². The van der Waals surface area contributed by atoms with Crippen molar-refractivity contribution < 1.29 is 38.3 Å². The molecule has 5 heterocycles. The van der Waals surface area contributed by atoms with Crippen molar-refractivity contribution in [2.45, 2.75) is 136 Å². The average Bonchev–Trinajstić information content (AvgIpc) is 3.21. The SMILES string of the molecule is CCOC(=O)OC1CC2OC3OC(C)(O)CCC4C(C)C(CC(C2C)C34)C2CCC3C(C)CCC4C(C)C1OC(O2)C34. The third-order valence-corrected chi connectivity index (χ3v) is 13.5. The molecular formula is C34H54O8. The van der Waals surface area contributed by atoms with Gasteiger partial charge in [-0.1, -0.05) is 34.1 Å². The summed E-state index contributed by atoms with van der Waals surface area (Å²) in [6.07, 6.45) is 5.49. The average molecular weight is 591 g/mol. The molecule has 0 aromatic rings. The molecule has 8 heteroatoms. The molecule has 8 nitrogen and oxygen atoms in total. The third-order valence-electron chi connectivity index (χ3n) is 13.5. The molecule has 0 radical (unpaired) electrons. The van der Waals surface area contributed by atoms with Crippen molar-refractivity contribution >= 4 is 6.16 Å². The molecule has 7 fully saturated rings. The van der Waals surface area contributed by atoms with Crippen LogP contribution in [0.5, 0.6) is 0 Å². The Bertz CT molecular complexity index is 1000. The lowest BCUT2D eigenvalue weighted by molar-refractivity contribution is -0.348. The molecule has 2 aliphatic carbocycles. The van der Waals surface area contributed by atoms with Gasteiger partial charge >= 0.3 is 6.16 Å². The predicted molar refractivity (Wildman–Crippen MR) is 154 cm³/mol. The Labute approximate surface area is 251 Å². The summed E-state index contributed by atoms with van der Waals surface area (Å²) in [7, 11) is 0. The highest BCUT2D eigenvalue weighted by atomic mass is 16.8. The zero-order chi connectivity index (χ0) is 29.5. The Morgan fingerprint density at radius 1 is 0.786 bits per heavy atom. The number of hydrogen-bond acceptors (Lipinski definition) is 8. The van der Waals surface area contributed by atoms with Gasteiger partial charge in [-0.05, 0) is 99.2 Å². The van der Waals surface area contributed by atoms with Crippen molar-refractivity contribution in [1.29, 1.82) is 0 Å². The number of carbonyl (C=O) groups is 1. The van der Waals surface area contributed by atoms with Gasteiger partial charge in [-0.2, -0.15) is 0 Å². The molecule has 2 saturated carbocycles. The normalized spacial score (nSPS) is 56.8. The minimum Gasteiger partial charge on any atom is -0.435 e. The van der Waals surface area contributed by atoms with Crippen molar-refractivity contribution in [2.75, 3.05) is 6.61 Å². The Morgan fingerprint density at radius 2 is 1.50 bits per heavy atom. The van der Waals surface area contributed by atoms with Crippen molar-refractivity contribution in [1.82, 2.24) is 0 Å². The fraction of sp³-hybridized carbons (Fsp3) is 0.971. The molecule has 18 unspecified atom stereocenters. The van der Waals surface area contributed by atoms with Gasteiger partial charge in [0.05, 0.1) is 18.8 Å². The van der Waals surface area contributed by atoms with E-state index in [1.165, 1.54) is 12.8 Å². The lowest BCUT2D eigenvalue weighted by Crippen LogP contribution is -2.60. The predicted octanol–water partition coefficient (Wildman–Crippen LogP) is 6.13. The topological polar surface area (TPSA) is 92.7 Å². The molecule has 5 saturated heterocycles. The van der Waals surface area contributed by atoms with Gasteiger partial charge in [0.25, 0.3) is 0 Å². The monoisotopic (exact) mass is 590 g/mol. The molecule has 0 aromatic carbocycles. The van der Waals surface area contributed by atoms with Crippen LogP contribution in [0.3, 0.4) is 0 Å². The minimum absolute atomic E-state index is 0.138. The van der Waals surface area contributed by atoms with Crippen LogP contribution < -0.4 is 0 Å². The quantitative estimate of drug-likeness (QED) is 0.384. The maximum atomic E-state index is 12.9. The molecule has 5 aliphatic heterocycles. The standard InChI is InChI=1S/C34H54O8/c1-7-37-33(35)40-27-15-26-18(4)24-14-23(17(3)22-12-13-34(6,36)42-32(39-26)29(22)24)25-11-10-20-16(2)8-9-21-19(5)30(27)41-31(38-25)28(20)21/h16-32,36H,7-15H2,1-6H3. The zero-order valence-electron chi connectivity index (χ0n) is 26.5. The van der Waals surface area contributed by atoms with Crippen LogP contribution >= 0.6 is 0 Å². The van der Waals surface area contributed by atoms with Crippen molar-refractivity contribution in [3.63, 3.8) is 0 Å². The smallest absolute Gasteiger partial charge is 0.435 e. The third kappa shape index (κ3) is 4.94. The molecule has 7 rings (SSSR count). The van der Waals surface area contributed by atoms with E-state index < -0.39 is 24.3 Å². The largest absolute Gasteiger partial charge is 0.508 e. The molecule has 238 valence electrons. The van der Waals surface area contributed by atoms with Gasteiger partial charge in [0.1, 0.15) is 12.2 Å². The maximum absolute atomic E-state index is 12.9. The summed E-state index contributed by atoms with van der Waals surface area (Å²) in [5.41, 5.74) is 0. The van der Waals surface area contributed by atoms with Crippen molar-refractivity contribution in [2.24, 2.45) is 65.1 Å². The van der Waals surface area contributed by atoms with E-state index in [-0.39, 0.29) is 49.0 Å². The highest BCUT2D eigenvalue weighted by molar-refractivity contribution is 5.60. The van der Waals surface area contributed by atoms with Crippen LogP contribution in [0.15, 0.2) is 0 Å². The van der Waals surface area contributed by atoms with Crippen LogP contribution in [0.25, 0.3) is 0 Å². The molecule has 18 atom stereocenters. The summed E-state index contributed by atoms with van der Waals surface area (Å²) in [5.74, 6) is 3.22. The van der Waals surface area contributed by atoms with Gasteiger partial charge in [-0.25, -0.2) is 4.79 Å². The van der Waals surface area contributed by atoms with Gasteiger partial charge in [0, 0.05) is 24.7 Å². The second-order valence-corrected chi connectivity index (χ2v) is 15.5. The first-order valence-electron chi connectivity index (χ1n) is 17.3. The Hall–Kier alpha value is -0.930. The first-order valence-corrected chi connectivity index (χ1v) is 17.3. The molecule has 1 N–H and O–H groups in total. The van der Waals surface area contributed by atoms with Crippen LogP contribution in [-0.4, -0.2) is 60.7 Å². The molecule has 0 spiro atoms. The number of aliphatic hydroxyl groups is 1. The van der Waals surface area contributed by atoms with E-state index in [1.54, 1.807) is 13.8 Å². The highest BCUT2D eigenvalue weighted by Gasteiger charge is 2.61. The summed E-state index contributed by atoms with van der Waals surface area (Å²) >= 11 is 0. The van der Waals surface area contributed by atoms with Crippen molar-refractivity contribution in [3.8, 4) is 0 Å². The van der Waals surface area contributed by atoms with Crippen LogP contribution in [0.4, 0.5) is 4.79 Å². The lowest BCUT2D eigenvalue weighted by atomic mass is 9.55. The first kappa shape index (κ1) is 29.8.